The van der Waals surface area contributed by atoms with E-state index in [4.69, 9.17) is 21.1 Å². The van der Waals surface area contributed by atoms with E-state index in [1.807, 2.05) is 0 Å². The highest BCUT2D eigenvalue weighted by atomic mass is 79.9. The Bertz CT molecular complexity index is 428. The van der Waals surface area contributed by atoms with E-state index in [2.05, 4.69) is 15.9 Å². The number of hydrogen-bond donors (Lipinski definition) is 0. The Balaban J connectivity index is 2.97. The lowest BCUT2D eigenvalue weighted by Crippen LogP contribution is -2.35. The molecule has 0 unspecified atom stereocenters. The number of hydrogen-bond acceptors (Lipinski definition) is 3. The Morgan fingerprint density at radius 2 is 2.11 bits per heavy atom. The van der Waals surface area contributed by atoms with Crippen LogP contribution >= 0.6 is 27.5 Å². The van der Waals surface area contributed by atoms with Gasteiger partial charge in [-0.15, -0.1) is 0 Å². The second-order valence-electron chi connectivity index (χ2n) is 3.82. The fraction of sp³-hybridized carbons (Fsp3) is 0.462. The number of benzene rings is 1. The monoisotopic (exact) mass is 349 g/mol. The highest BCUT2D eigenvalue weighted by Crippen LogP contribution is 2.24. The Morgan fingerprint density at radius 3 is 2.68 bits per heavy atom. The van der Waals surface area contributed by atoms with Crippen molar-refractivity contribution in [1.82, 2.24) is 4.90 Å². The quantitative estimate of drug-likeness (QED) is 0.710. The molecule has 0 radical (unpaired) electrons. The zero-order valence-corrected chi connectivity index (χ0v) is 13.3. The van der Waals surface area contributed by atoms with Crippen molar-refractivity contribution in [3.8, 4) is 5.75 Å². The van der Waals surface area contributed by atoms with Crippen molar-refractivity contribution in [2.45, 2.75) is 0 Å². The maximum atomic E-state index is 12.5. The molecule has 1 aromatic carbocycles. The molecule has 6 heteroatoms. The molecule has 0 aliphatic rings. The van der Waals surface area contributed by atoms with Gasteiger partial charge in [0.05, 0.1) is 19.3 Å². The van der Waals surface area contributed by atoms with Crippen LogP contribution < -0.4 is 4.74 Å². The molecule has 0 aliphatic heterocycles. The summed E-state index contributed by atoms with van der Waals surface area (Å²) in [4.78, 5) is 14.2. The number of carbonyl (C=O) groups is 1. The number of carbonyl (C=O) groups excluding carboxylic acids is 1. The van der Waals surface area contributed by atoms with Crippen molar-refractivity contribution >= 4 is 33.4 Å². The van der Waals surface area contributed by atoms with Crippen molar-refractivity contribution in [1.29, 1.82) is 0 Å². The molecule has 1 amide bonds. The molecule has 0 spiro atoms. The standard InChI is InChI=1S/C13H17BrClNO3/c1-18-8-7-16(6-5-14)13(17)11-9-10(15)3-4-12(11)19-2/h3-4,9H,5-8H2,1-2H3. The molecule has 0 heterocycles. The van der Waals surface area contributed by atoms with Crippen molar-refractivity contribution in [2.24, 2.45) is 0 Å². The van der Waals surface area contributed by atoms with Crippen LogP contribution in [0.3, 0.4) is 0 Å². The lowest BCUT2D eigenvalue weighted by Gasteiger charge is -2.22. The highest BCUT2D eigenvalue weighted by molar-refractivity contribution is 9.09. The first kappa shape index (κ1) is 16.3. The van der Waals surface area contributed by atoms with E-state index in [1.165, 1.54) is 7.11 Å². The average molecular weight is 351 g/mol. The van der Waals surface area contributed by atoms with Crippen molar-refractivity contribution in [2.75, 3.05) is 39.2 Å². The minimum Gasteiger partial charge on any atom is -0.496 e. The molecule has 0 fully saturated rings. The summed E-state index contributed by atoms with van der Waals surface area (Å²) in [5, 5.41) is 1.21. The molecular weight excluding hydrogens is 334 g/mol. The molecule has 4 nitrogen and oxygen atoms in total. The lowest BCUT2D eigenvalue weighted by molar-refractivity contribution is 0.0705. The van der Waals surface area contributed by atoms with Crippen LogP contribution in [-0.2, 0) is 4.74 Å². The molecule has 106 valence electrons. The van der Waals surface area contributed by atoms with E-state index >= 15 is 0 Å². The first-order valence-electron chi connectivity index (χ1n) is 5.81. The molecule has 0 N–H and O–H groups in total. The van der Waals surface area contributed by atoms with E-state index in [9.17, 15) is 4.79 Å². The van der Waals surface area contributed by atoms with Crippen LogP contribution in [0.1, 0.15) is 10.4 Å². The summed E-state index contributed by atoms with van der Waals surface area (Å²) in [6.45, 7) is 1.61. The number of rotatable bonds is 7. The molecule has 0 saturated heterocycles. The summed E-state index contributed by atoms with van der Waals surface area (Å²) in [5.41, 5.74) is 0.465. The Hall–Kier alpha value is -0.780. The summed E-state index contributed by atoms with van der Waals surface area (Å²) < 4.78 is 10.2. The third kappa shape index (κ3) is 4.67. The fourth-order valence-electron chi connectivity index (χ4n) is 1.64. The molecule has 0 atom stereocenters. The van der Waals surface area contributed by atoms with Gasteiger partial charge in [-0.05, 0) is 18.2 Å². The van der Waals surface area contributed by atoms with Gasteiger partial charge in [-0.25, -0.2) is 0 Å². The fourth-order valence-corrected chi connectivity index (χ4v) is 2.24. The summed E-state index contributed by atoms with van der Waals surface area (Å²) in [5.74, 6) is 0.405. The zero-order valence-electron chi connectivity index (χ0n) is 11.0. The largest absolute Gasteiger partial charge is 0.496 e. The van der Waals surface area contributed by atoms with Gasteiger partial charge in [-0.3, -0.25) is 4.79 Å². The van der Waals surface area contributed by atoms with Crippen molar-refractivity contribution in [3.63, 3.8) is 0 Å². The summed E-state index contributed by atoms with van der Waals surface area (Å²) >= 11 is 9.28. The molecular formula is C13H17BrClNO3. The van der Waals surface area contributed by atoms with Crippen LogP contribution in [0, 0.1) is 0 Å². The van der Waals surface area contributed by atoms with E-state index in [1.54, 1.807) is 30.2 Å². The Morgan fingerprint density at radius 1 is 1.37 bits per heavy atom. The second-order valence-corrected chi connectivity index (χ2v) is 5.05. The van der Waals surface area contributed by atoms with Crippen molar-refractivity contribution < 1.29 is 14.3 Å². The first-order valence-corrected chi connectivity index (χ1v) is 7.31. The third-order valence-corrected chi connectivity index (χ3v) is 3.19. The maximum Gasteiger partial charge on any atom is 0.257 e. The minimum atomic E-state index is -0.115. The van der Waals surface area contributed by atoms with Crippen LogP contribution in [0.4, 0.5) is 0 Å². The van der Waals surface area contributed by atoms with Crippen LogP contribution in [0.15, 0.2) is 18.2 Å². The van der Waals surface area contributed by atoms with E-state index < -0.39 is 0 Å². The highest BCUT2D eigenvalue weighted by Gasteiger charge is 2.19. The van der Waals surface area contributed by atoms with Gasteiger partial charge in [0.25, 0.3) is 5.91 Å². The SMILES string of the molecule is COCCN(CCBr)C(=O)c1cc(Cl)ccc1OC. The summed E-state index contributed by atoms with van der Waals surface area (Å²) in [6.07, 6.45) is 0. The normalized spacial score (nSPS) is 10.3. The molecule has 0 aliphatic carbocycles. The predicted molar refractivity (Wildman–Crippen MR) is 79.6 cm³/mol. The van der Waals surface area contributed by atoms with Gasteiger partial charge in [-0.2, -0.15) is 0 Å². The van der Waals surface area contributed by atoms with Crippen LogP contribution in [0.2, 0.25) is 5.02 Å². The molecule has 19 heavy (non-hydrogen) atoms. The van der Waals surface area contributed by atoms with E-state index in [0.29, 0.717) is 41.4 Å². The number of nitrogens with zero attached hydrogens (tertiary/aromatic N) is 1. The number of methoxy groups -OCH3 is 2. The molecule has 0 saturated carbocycles. The zero-order chi connectivity index (χ0) is 14.3. The van der Waals surface area contributed by atoms with Gasteiger partial charge < -0.3 is 14.4 Å². The Labute approximate surface area is 126 Å². The molecule has 1 aromatic rings. The topological polar surface area (TPSA) is 38.8 Å². The minimum absolute atomic E-state index is 0.115. The summed E-state index contributed by atoms with van der Waals surface area (Å²) in [7, 11) is 3.14. The average Bonchev–Trinajstić information content (AvgIpc) is 2.42. The van der Waals surface area contributed by atoms with Crippen LogP contribution in [0.25, 0.3) is 0 Å². The van der Waals surface area contributed by atoms with Crippen LogP contribution in [-0.4, -0.2) is 50.1 Å². The number of amides is 1. The molecule has 0 bridgehead atoms. The van der Waals surface area contributed by atoms with Crippen LogP contribution in [0.5, 0.6) is 5.75 Å². The van der Waals surface area contributed by atoms with Gasteiger partial charge in [0.1, 0.15) is 5.75 Å². The van der Waals surface area contributed by atoms with Crippen molar-refractivity contribution in [3.05, 3.63) is 28.8 Å². The molecule has 1 rings (SSSR count). The second kappa shape index (κ2) is 8.40. The van der Waals surface area contributed by atoms with E-state index in [-0.39, 0.29) is 5.91 Å². The van der Waals surface area contributed by atoms with E-state index in [0.717, 1.165) is 0 Å². The first-order chi connectivity index (χ1) is 9.13. The van der Waals surface area contributed by atoms with Gasteiger partial charge in [0.15, 0.2) is 0 Å². The lowest BCUT2D eigenvalue weighted by atomic mass is 10.1. The third-order valence-electron chi connectivity index (χ3n) is 2.60. The number of halogens is 2. The van der Waals surface area contributed by atoms with Gasteiger partial charge in [0, 0.05) is 30.6 Å². The number of ether oxygens (including phenoxy) is 2. The summed E-state index contributed by atoms with van der Waals surface area (Å²) in [6, 6.07) is 5.01. The smallest absolute Gasteiger partial charge is 0.257 e. The van der Waals surface area contributed by atoms with Gasteiger partial charge >= 0.3 is 0 Å². The van der Waals surface area contributed by atoms with Gasteiger partial charge in [-0.1, -0.05) is 27.5 Å². The predicted octanol–water partition coefficient (Wildman–Crippen LogP) is 2.83. The Kier molecular flexibility index (Phi) is 7.20. The molecule has 0 aromatic heterocycles. The number of alkyl halides is 1. The van der Waals surface area contributed by atoms with Gasteiger partial charge in [0.2, 0.25) is 0 Å². The maximum absolute atomic E-state index is 12.5.